The molecular weight excluding hydrogens is 402 g/mol. The second-order valence-electron chi connectivity index (χ2n) is 7.13. The molecule has 1 aliphatic heterocycles. The van der Waals surface area contributed by atoms with Crippen molar-refractivity contribution >= 4 is 39.3 Å². The van der Waals surface area contributed by atoms with E-state index in [4.69, 9.17) is 0 Å². The monoisotopic (exact) mass is 421 g/mol. The number of nitrogens with one attached hydrogen (secondary N) is 1. The molecule has 5 nitrogen and oxygen atoms in total. The maximum absolute atomic E-state index is 12.5. The molecule has 0 bridgehead atoms. The van der Waals surface area contributed by atoms with Gasteiger partial charge in [0.05, 0.1) is 11.6 Å². The van der Waals surface area contributed by atoms with Gasteiger partial charge in [0.1, 0.15) is 0 Å². The maximum Gasteiger partial charge on any atom is 0.254 e. The number of hydrogen-bond donors (Lipinski definition) is 1. The number of carbonyl (C=O) groups is 1. The molecule has 0 aliphatic carbocycles. The molecule has 1 N–H and O–H groups in total. The number of halogens is 1. The normalized spacial score (nSPS) is 17.0. The van der Waals surface area contributed by atoms with Crippen molar-refractivity contribution in [3.63, 3.8) is 0 Å². The van der Waals surface area contributed by atoms with Crippen LogP contribution in [-0.4, -0.2) is 21.2 Å². The van der Waals surface area contributed by atoms with Crippen molar-refractivity contribution in [2.45, 2.75) is 37.9 Å². The van der Waals surface area contributed by atoms with Crippen LogP contribution in [0.1, 0.15) is 26.5 Å². The summed E-state index contributed by atoms with van der Waals surface area (Å²) in [4.78, 5) is 29.6. The first-order valence-corrected chi connectivity index (χ1v) is 9.83. The first kappa shape index (κ1) is 18.2. The average Bonchev–Trinajstić information content (AvgIpc) is 2.55. The van der Waals surface area contributed by atoms with E-state index >= 15 is 0 Å². The van der Waals surface area contributed by atoms with Gasteiger partial charge in [-0.2, -0.15) is 0 Å². The van der Waals surface area contributed by atoms with Gasteiger partial charge in [0.2, 0.25) is 5.91 Å². The molecule has 2 aromatic rings. The molecule has 0 fully saturated rings. The fourth-order valence-electron chi connectivity index (χ4n) is 2.53. The molecule has 7 heteroatoms. The predicted octanol–water partition coefficient (Wildman–Crippen LogP) is 3.66. The smallest absolute Gasteiger partial charge is 0.254 e. The van der Waals surface area contributed by atoms with Gasteiger partial charge in [0.25, 0.3) is 5.56 Å². The van der Waals surface area contributed by atoms with Gasteiger partial charge < -0.3 is 5.32 Å². The molecule has 1 aromatic heterocycles. The van der Waals surface area contributed by atoms with Crippen LogP contribution in [0.4, 0.5) is 5.69 Å². The van der Waals surface area contributed by atoms with E-state index in [1.165, 1.54) is 11.8 Å². The largest absolute Gasteiger partial charge is 0.326 e. The van der Waals surface area contributed by atoms with Crippen LogP contribution in [0.15, 0.2) is 44.8 Å². The second-order valence-corrected chi connectivity index (χ2v) is 9.03. The van der Waals surface area contributed by atoms with Crippen LogP contribution in [0, 0.1) is 5.92 Å². The summed E-state index contributed by atoms with van der Waals surface area (Å²) in [6, 6.07) is 9.02. The van der Waals surface area contributed by atoms with Gasteiger partial charge in [-0.15, -0.1) is 0 Å². The molecular formula is C18H20BrN3O2S. The van der Waals surface area contributed by atoms with Crippen LogP contribution < -0.4 is 10.9 Å². The fourth-order valence-corrected chi connectivity index (χ4v) is 3.89. The molecule has 0 spiro atoms. The third kappa shape index (κ3) is 4.15. The van der Waals surface area contributed by atoms with E-state index in [-0.39, 0.29) is 22.8 Å². The van der Waals surface area contributed by atoms with E-state index in [0.29, 0.717) is 17.5 Å². The molecule has 1 aliphatic rings. The number of anilines is 1. The van der Waals surface area contributed by atoms with Gasteiger partial charge in [-0.1, -0.05) is 48.5 Å². The number of benzene rings is 1. The number of amides is 1. The Kier molecular flexibility index (Phi) is 5.06. The predicted molar refractivity (Wildman–Crippen MR) is 104 cm³/mol. The van der Waals surface area contributed by atoms with Gasteiger partial charge in [0, 0.05) is 33.9 Å². The minimum atomic E-state index is -0.263. The molecule has 3 rings (SSSR count). The zero-order chi connectivity index (χ0) is 18.2. The van der Waals surface area contributed by atoms with Gasteiger partial charge in [0.15, 0.2) is 5.16 Å². The third-order valence-corrected chi connectivity index (χ3v) is 5.71. The highest BCUT2D eigenvalue weighted by Gasteiger charge is 2.28. The lowest BCUT2D eigenvalue weighted by Gasteiger charge is -2.26. The number of fused-ring (bicyclic) bond motifs is 1. The molecule has 1 unspecified atom stereocenters. The summed E-state index contributed by atoms with van der Waals surface area (Å²) in [5.41, 5.74) is 1.26. The Bertz CT molecular complexity index is 856. The Morgan fingerprint density at radius 3 is 2.64 bits per heavy atom. The Labute approximate surface area is 159 Å². The molecule has 0 radical (unpaired) electrons. The Morgan fingerprint density at radius 2 is 2.00 bits per heavy atom. The van der Waals surface area contributed by atoms with E-state index in [1.54, 1.807) is 10.6 Å². The van der Waals surface area contributed by atoms with Crippen molar-refractivity contribution in [1.82, 2.24) is 9.55 Å². The quantitative estimate of drug-likeness (QED) is 0.751. The molecule has 25 heavy (non-hydrogen) atoms. The van der Waals surface area contributed by atoms with Crippen molar-refractivity contribution in [1.29, 1.82) is 0 Å². The summed E-state index contributed by atoms with van der Waals surface area (Å²) >= 11 is 4.84. The van der Waals surface area contributed by atoms with Crippen molar-refractivity contribution in [2.75, 3.05) is 11.1 Å². The van der Waals surface area contributed by atoms with Crippen LogP contribution in [0.25, 0.3) is 0 Å². The number of nitrogens with zero attached hydrogens (tertiary/aromatic N) is 2. The zero-order valence-corrected chi connectivity index (χ0v) is 16.8. The molecule has 1 atom stereocenters. The van der Waals surface area contributed by atoms with Gasteiger partial charge in [-0.05, 0) is 24.3 Å². The number of hydrogen-bond acceptors (Lipinski definition) is 4. The maximum atomic E-state index is 12.5. The summed E-state index contributed by atoms with van der Waals surface area (Å²) in [7, 11) is 0. The highest BCUT2D eigenvalue weighted by atomic mass is 79.9. The molecule has 1 aromatic carbocycles. The summed E-state index contributed by atoms with van der Waals surface area (Å²) in [5, 5.41) is 3.62. The summed E-state index contributed by atoms with van der Waals surface area (Å²) in [5.74, 6) is 0.274. The molecule has 0 saturated heterocycles. The van der Waals surface area contributed by atoms with Crippen LogP contribution in [0.2, 0.25) is 0 Å². The van der Waals surface area contributed by atoms with Crippen LogP contribution in [0.5, 0.6) is 0 Å². The highest BCUT2D eigenvalue weighted by Crippen LogP contribution is 2.28. The SMILES string of the molecule is CC(C)(C)c1cc(=O)n2c(n1)SCC(C(=O)Nc1ccc(Br)cc1)C2. The first-order chi connectivity index (χ1) is 11.7. The third-order valence-electron chi connectivity index (χ3n) is 4.04. The van der Waals surface area contributed by atoms with E-state index in [9.17, 15) is 9.59 Å². The van der Waals surface area contributed by atoms with Crippen molar-refractivity contribution in [3.8, 4) is 0 Å². The van der Waals surface area contributed by atoms with E-state index in [0.717, 1.165) is 15.9 Å². The van der Waals surface area contributed by atoms with Gasteiger partial charge in [-0.3, -0.25) is 14.2 Å². The first-order valence-electron chi connectivity index (χ1n) is 8.05. The number of aromatic nitrogens is 2. The van der Waals surface area contributed by atoms with Gasteiger partial charge in [-0.25, -0.2) is 4.98 Å². The Morgan fingerprint density at radius 1 is 1.32 bits per heavy atom. The Hall–Kier alpha value is -1.60. The summed E-state index contributed by atoms with van der Waals surface area (Å²) in [6.45, 7) is 6.47. The lowest BCUT2D eigenvalue weighted by molar-refractivity contribution is -0.119. The van der Waals surface area contributed by atoms with E-state index in [1.807, 2.05) is 45.0 Å². The Balaban J connectivity index is 1.78. The number of thioether (sulfide) groups is 1. The second kappa shape index (κ2) is 6.96. The summed E-state index contributed by atoms with van der Waals surface area (Å²) < 4.78 is 2.56. The number of rotatable bonds is 2. The van der Waals surface area contributed by atoms with Crippen LogP contribution in [0.3, 0.4) is 0 Å². The molecule has 0 saturated carbocycles. The van der Waals surface area contributed by atoms with Crippen LogP contribution >= 0.6 is 27.7 Å². The molecule has 2 heterocycles. The van der Waals surface area contributed by atoms with Gasteiger partial charge >= 0.3 is 0 Å². The lowest BCUT2D eigenvalue weighted by atomic mass is 9.92. The van der Waals surface area contributed by atoms with E-state index in [2.05, 4.69) is 26.2 Å². The summed E-state index contributed by atoms with van der Waals surface area (Å²) in [6.07, 6.45) is 0. The zero-order valence-electron chi connectivity index (χ0n) is 14.4. The molecule has 1 amide bonds. The minimum Gasteiger partial charge on any atom is -0.326 e. The highest BCUT2D eigenvalue weighted by molar-refractivity contribution is 9.10. The molecule has 132 valence electrons. The van der Waals surface area contributed by atoms with E-state index < -0.39 is 0 Å². The topological polar surface area (TPSA) is 64.0 Å². The number of carbonyl (C=O) groups excluding carboxylic acids is 1. The van der Waals surface area contributed by atoms with Crippen molar-refractivity contribution in [2.24, 2.45) is 5.92 Å². The van der Waals surface area contributed by atoms with Crippen molar-refractivity contribution < 1.29 is 4.79 Å². The lowest BCUT2D eigenvalue weighted by Crippen LogP contribution is -2.37. The standard InChI is InChI=1S/C18H20BrN3O2S/c1-18(2,3)14-8-15(23)22-9-11(10-25-17(22)21-14)16(24)20-13-6-4-12(19)5-7-13/h4-8,11H,9-10H2,1-3H3,(H,20,24). The average molecular weight is 422 g/mol. The van der Waals surface area contributed by atoms with Crippen molar-refractivity contribution in [3.05, 3.63) is 50.9 Å². The van der Waals surface area contributed by atoms with Crippen LogP contribution in [-0.2, 0) is 16.8 Å². The fraction of sp³-hybridized carbons (Fsp3) is 0.389. The minimum absolute atomic E-state index is 0.0766.